The summed E-state index contributed by atoms with van der Waals surface area (Å²) in [5.41, 5.74) is 2.96. The number of non-ortho nitro benzene ring substituents is 1. The van der Waals surface area contributed by atoms with Crippen molar-refractivity contribution in [2.24, 2.45) is 0 Å². The standard InChI is InChI=1S/C27H26ClN3O5/c1-18-4-3-5-19(2)24(18)30(26(32)21-6-10-22(28)11-7-21)27(33)25(29-14-16-36-17-15-29)20-8-12-23(13-9-20)31(34)35/h3-13,25H,14-17H2,1-2H3/p+1/t25-/m1/s1. The molecular weight excluding hydrogens is 482 g/mol. The van der Waals surface area contributed by atoms with Gasteiger partial charge in [-0.15, -0.1) is 0 Å². The topological polar surface area (TPSA) is 94.2 Å². The molecule has 0 saturated carbocycles. The van der Waals surface area contributed by atoms with E-state index in [4.69, 9.17) is 16.3 Å². The molecule has 186 valence electrons. The van der Waals surface area contributed by atoms with Crippen molar-refractivity contribution in [1.29, 1.82) is 0 Å². The molecule has 1 aliphatic rings. The molecule has 0 radical (unpaired) electrons. The van der Waals surface area contributed by atoms with Crippen molar-refractivity contribution in [1.82, 2.24) is 0 Å². The van der Waals surface area contributed by atoms with Crippen molar-refractivity contribution in [3.05, 3.63) is 104 Å². The second-order valence-corrected chi connectivity index (χ2v) is 9.21. The van der Waals surface area contributed by atoms with Gasteiger partial charge in [0.2, 0.25) is 0 Å². The van der Waals surface area contributed by atoms with E-state index in [1.165, 1.54) is 17.0 Å². The highest BCUT2D eigenvalue weighted by atomic mass is 35.5. The summed E-state index contributed by atoms with van der Waals surface area (Å²) in [6.45, 7) is 5.79. The molecule has 0 unspecified atom stereocenters. The molecule has 1 fully saturated rings. The normalized spacial score (nSPS) is 14.8. The number of carbonyl (C=O) groups is 2. The first kappa shape index (κ1) is 25.5. The first-order valence-electron chi connectivity index (χ1n) is 11.6. The highest BCUT2D eigenvalue weighted by Gasteiger charge is 2.40. The maximum Gasteiger partial charge on any atom is 0.297 e. The number of hydrogen-bond donors (Lipinski definition) is 1. The lowest BCUT2D eigenvalue weighted by atomic mass is 9.99. The molecule has 1 atom stereocenters. The van der Waals surface area contributed by atoms with Gasteiger partial charge in [0.15, 0.2) is 6.04 Å². The number of amides is 2. The molecule has 36 heavy (non-hydrogen) atoms. The van der Waals surface area contributed by atoms with Crippen molar-refractivity contribution >= 4 is 34.8 Å². The minimum atomic E-state index is -0.759. The number of imide groups is 1. The summed E-state index contributed by atoms with van der Waals surface area (Å²) in [7, 11) is 0. The van der Waals surface area contributed by atoms with E-state index in [1.807, 2.05) is 32.0 Å². The number of nitro groups is 1. The Bertz CT molecular complexity index is 1250. The zero-order valence-corrected chi connectivity index (χ0v) is 20.8. The first-order chi connectivity index (χ1) is 17.3. The van der Waals surface area contributed by atoms with Crippen LogP contribution in [-0.2, 0) is 9.53 Å². The molecule has 0 spiro atoms. The van der Waals surface area contributed by atoms with E-state index in [-0.39, 0.29) is 5.69 Å². The molecule has 0 bridgehead atoms. The Hall–Kier alpha value is -3.59. The second-order valence-electron chi connectivity index (χ2n) is 8.78. The summed E-state index contributed by atoms with van der Waals surface area (Å²) < 4.78 is 5.51. The molecule has 9 heteroatoms. The van der Waals surface area contributed by atoms with Crippen LogP contribution in [0.3, 0.4) is 0 Å². The van der Waals surface area contributed by atoms with Crippen LogP contribution in [0.1, 0.15) is 33.1 Å². The number of nitrogens with zero attached hydrogens (tertiary/aromatic N) is 2. The second kappa shape index (κ2) is 11.0. The van der Waals surface area contributed by atoms with Crippen LogP contribution in [0.5, 0.6) is 0 Å². The third kappa shape index (κ3) is 5.31. The molecule has 1 saturated heterocycles. The summed E-state index contributed by atoms with van der Waals surface area (Å²) in [6, 6.07) is 17.2. The Balaban J connectivity index is 1.85. The SMILES string of the molecule is Cc1cccc(C)c1N(C(=O)c1ccc(Cl)cc1)C(=O)[C@@H](c1ccc([N+](=O)[O-])cc1)[NH+]1CCOCC1. The number of ether oxygens (including phenoxy) is 1. The Labute approximate surface area is 214 Å². The number of morpholine rings is 1. The molecular formula is C27H27ClN3O5+. The van der Waals surface area contributed by atoms with Crippen molar-refractivity contribution in [2.45, 2.75) is 19.9 Å². The number of rotatable bonds is 6. The van der Waals surface area contributed by atoms with E-state index in [9.17, 15) is 19.7 Å². The Morgan fingerprint density at radius 2 is 1.56 bits per heavy atom. The number of anilines is 1. The largest absolute Gasteiger partial charge is 0.370 e. The van der Waals surface area contributed by atoms with Crippen molar-refractivity contribution in [3.63, 3.8) is 0 Å². The molecule has 1 heterocycles. The van der Waals surface area contributed by atoms with Crippen LogP contribution in [0.2, 0.25) is 5.02 Å². The molecule has 1 aliphatic heterocycles. The van der Waals surface area contributed by atoms with E-state index in [0.717, 1.165) is 16.0 Å². The van der Waals surface area contributed by atoms with Gasteiger partial charge in [-0.1, -0.05) is 29.8 Å². The predicted molar refractivity (Wildman–Crippen MR) is 137 cm³/mol. The molecule has 2 amide bonds. The molecule has 8 nitrogen and oxygen atoms in total. The minimum Gasteiger partial charge on any atom is -0.370 e. The number of aryl methyl sites for hydroxylation is 2. The summed E-state index contributed by atoms with van der Waals surface area (Å²) in [5, 5.41) is 11.7. The van der Waals surface area contributed by atoms with Gasteiger partial charge in [0.05, 0.1) is 23.8 Å². The highest BCUT2D eigenvalue weighted by molar-refractivity contribution is 6.31. The van der Waals surface area contributed by atoms with Crippen LogP contribution in [0.25, 0.3) is 0 Å². The van der Waals surface area contributed by atoms with Gasteiger partial charge < -0.3 is 9.64 Å². The third-order valence-electron chi connectivity index (χ3n) is 6.41. The van der Waals surface area contributed by atoms with Gasteiger partial charge in [0.1, 0.15) is 13.1 Å². The molecule has 0 aromatic heterocycles. The lowest BCUT2D eigenvalue weighted by Gasteiger charge is -2.34. The van der Waals surface area contributed by atoms with Crippen LogP contribution in [0, 0.1) is 24.0 Å². The first-order valence-corrected chi connectivity index (χ1v) is 12.0. The van der Waals surface area contributed by atoms with E-state index in [1.54, 1.807) is 36.4 Å². The van der Waals surface area contributed by atoms with Gasteiger partial charge in [0.25, 0.3) is 17.5 Å². The molecule has 3 aromatic rings. The monoisotopic (exact) mass is 508 g/mol. The number of nitrogens with one attached hydrogen (secondary N) is 1. The Morgan fingerprint density at radius 1 is 0.972 bits per heavy atom. The van der Waals surface area contributed by atoms with E-state index < -0.39 is 22.8 Å². The number of halogens is 1. The Morgan fingerprint density at radius 3 is 2.11 bits per heavy atom. The van der Waals surface area contributed by atoms with Crippen LogP contribution in [0.15, 0.2) is 66.7 Å². The number of nitro benzene ring substituents is 1. The fourth-order valence-electron chi connectivity index (χ4n) is 4.58. The van der Waals surface area contributed by atoms with E-state index in [0.29, 0.717) is 48.1 Å². The van der Waals surface area contributed by atoms with Crippen LogP contribution in [0.4, 0.5) is 11.4 Å². The van der Waals surface area contributed by atoms with Crippen molar-refractivity contribution in [2.75, 3.05) is 31.2 Å². The van der Waals surface area contributed by atoms with Gasteiger partial charge in [-0.25, -0.2) is 4.90 Å². The summed E-state index contributed by atoms with van der Waals surface area (Å²) in [5.74, 6) is -0.869. The van der Waals surface area contributed by atoms with Gasteiger partial charge >= 0.3 is 0 Å². The summed E-state index contributed by atoms with van der Waals surface area (Å²) in [6.07, 6.45) is 0. The average Bonchev–Trinajstić information content (AvgIpc) is 2.87. The quantitative estimate of drug-likeness (QED) is 0.405. The van der Waals surface area contributed by atoms with Crippen molar-refractivity contribution in [3.8, 4) is 0 Å². The molecule has 1 N–H and O–H groups in total. The lowest BCUT2D eigenvalue weighted by molar-refractivity contribution is -0.929. The maximum atomic E-state index is 14.4. The van der Waals surface area contributed by atoms with E-state index >= 15 is 0 Å². The van der Waals surface area contributed by atoms with Gasteiger partial charge in [-0.3, -0.25) is 19.7 Å². The Kier molecular flexibility index (Phi) is 7.79. The molecule has 4 rings (SSSR count). The summed E-state index contributed by atoms with van der Waals surface area (Å²) >= 11 is 6.04. The van der Waals surface area contributed by atoms with Gasteiger partial charge in [-0.2, -0.15) is 0 Å². The maximum absolute atomic E-state index is 14.4. The fourth-order valence-corrected chi connectivity index (χ4v) is 4.71. The van der Waals surface area contributed by atoms with Gasteiger partial charge in [-0.05, 0) is 61.4 Å². The van der Waals surface area contributed by atoms with E-state index in [2.05, 4.69) is 0 Å². The number of benzene rings is 3. The molecule has 3 aromatic carbocycles. The van der Waals surface area contributed by atoms with Crippen molar-refractivity contribution < 1.29 is 24.1 Å². The zero-order chi connectivity index (χ0) is 25.8. The number of para-hydroxylation sites is 1. The predicted octanol–water partition coefficient (Wildman–Crippen LogP) is 3.69. The minimum absolute atomic E-state index is 0.0641. The number of hydrogen-bond acceptors (Lipinski definition) is 5. The van der Waals surface area contributed by atoms with Crippen LogP contribution < -0.4 is 9.80 Å². The average molecular weight is 509 g/mol. The smallest absolute Gasteiger partial charge is 0.297 e. The highest BCUT2D eigenvalue weighted by Crippen LogP contribution is 2.30. The van der Waals surface area contributed by atoms with Crippen LogP contribution >= 0.6 is 11.6 Å². The third-order valence-corrected chi connectivity index (χ3v) is 6.66. The molecule has 0 aliphatic carbocycles. The zero-order valence-electron chi connectivity index (χ0n) is 20.1. The number of quaternary nitrogens is 1. The lowest BCUT2D eigenvalue weighted by Crippen LogP contribution is -3.15. The number of carbonyl (C=O) groups excluding carboxylic acids is 2. The summed E-state index contributed by atoms with van der Waals surface area (Å²) in [4.78, 5) is 41.3. The van der Waals surface area contributed by atoms with Crippen LogP contribution in [-0.4, -0.2) is 43.0 Å². The van der Waals surface area contributed by atoms with Gasteiger partial charge in [0, 0.05) is 28.3 Å². The fraction of sp³-hybridized carbons (Fsp3) is 0.259.